The number of aliphatic hydroxyl groups is 1. The van der Waals surface area contributed by atoms with E-state index in [1.54, 1.807) is 31.4 Å². The van der Waals surface area contributed by atoms with Crippen molar-refractivity contribution >= 4 is 17.7 Å². The fourth-order valence-electron chi connectivity index (χ4n) is 1.75. The minimum atomic E-state index is -0.772. The molecule has 1 amide bonds. The lowest BCUT2D eigenvalue weighted by Gasteiger charge is -2.26. The minimum Gasteiger partial charge on any atom is -0.497 e. The van der Waals surface area contributed by atoms with Gasteiger partial charge in [-0.15, -0.1) is 11.8 Å². The van der Waals surface area contributed by atoms with Crippen molar-refractivity contribution in [2.75, 3.05) is 19.4 Å². The van der Waals surface area contributed by atoms with Crippen LogP contribution < -0.4 is 10.1 Å². The molecule has 1 fully saturated rings. The molecule has 0 saturated carbocycles. The monoisotopic (exact) mass is 253 g/mol. The summed E-state index contributed by atoms with van der Waals surface area (Å²) in [5.74, 6) is 1.48. The van der Waals surface area contributed by atoms with Crippen LogP contribution in [0.1, 0.15) is 11.7 Å². The van der Waals surface area contributed by atoms with Crippen LogP contribution in [0.15, 0.2) is 24.3 Å². The number of benzene rings is 1. The Bertz CT molecular complexity index is 393. The highest BCUT2D eigenvalue weighted by Gasteiger charge is 2.30. The highest BCUT2D eigenvalue weighted by atomic mass is 32.2. The van der Waals surface area contributed by atoms with Crippen LogP contribution in [0.5, 0.6) is 5.75 Å². The maximum absolute atomic E-state index is 11.6. The first-order valence-corrected chi connectivity index (χ1v) is 6.48. The average Bonchev–Trinajstić information content (AvgIpc) is 2.39. The fraction of sp³-hybridized carbons (Fsp3) is 0.417. The first-order chi connectivity index (χ1) is 8.22. The van der Waals surface area contributed by atoms with Crippen LogP contribution in [-0.2, 0) is 4.79 Å². The third kappa shape index (κ3) is 2.73. The quantitative estimate of drug-likeness (QED) is 0.842. The Morgan fingerprint density at radius 1 is 1.47 bits per heavy atom. The van der Waals surface area contributed by atoms with Crippen molar-refractivity contribution in [3.8, 4) is 5.75 Å². The van der Waals surface area contributed by atoms with Crippen LogP contribution in [0.2, 0.25) is 0 Å². The van der Waals surface area contributed by atoms with Crippen molar-refractivity contribution < 1.29 is 14.6 Å². The molecule has 1 aliphatic heterocycles. The summed E-state index contributed by atoms with van der Waals surface area (Å²) in [6, 6.07) is 7.13. The van der Waals surface area contributed by atoms with Gasteiger partial charge in [0.25, 0.3) is 0 Å². The zero-order valence-corrected chi connectivity index (χ0v) is 10.4. The Morgan fingerprint density at radius 2 is 2.18 bits per heavy atom. The molecule has 1 aromatic rings. The second-order valence-electron chi connectivity index (χ2n) is 3.80. The molecule has 1 heterocycles. The van der Waals surface area contributed by atoms with Gasteiger partial charge in [0.1, 0.15) is 11.0 Å². The Kier molecular flexibility index (Phi) is 3.91. The molecular formula is C12H15NO3S. The number of carbonyl (C=O) groups excluding carboxylic acids is 1. The van der Waals surface area contributed by atoms with E-state index in [1.807, 2.05) is 0 Å². The maximum Gasteiger partial charge on any atom is 0.236 e. The summed E-state index contributed by atoms with van der Waals surface area (Å²) in [7, 11) is 1.59. The van der Waals surface area contributed by atoms with E-state index in [4.69, 9.17) is 4.74 Å². The van der Waals surface area contributed by atoms with E-state index in [-0.39, 0.29) is 5.91 Å². The summed E-state index contributed by atoms with van der Waals surface area (Å²) in [6.07, 6.45) is -0.772. The molecule has 2 atom stereocenters. The summed E-state index contributed by atoms with van der Waals surface area (Å²) in [5.41, 5.74) is 0.736. The number of carbonyl (C=O) groups is 1. The Morgan fingerprint density at radius 3 is 2.76 bits per heavy atom. The molecule has 0 aliphatic carbocycles. The zero-order valence-electron chi connectivity index (χ0n) is 9.55. The molecule has 17 heavy (non-hydrogen) atoms. The number of nitrogens with one attached hydrogen (secondary N) is 1. The number of methoxy groups -OCH3 is 1. The predicted octanol–water partition coefficient (Wildman–Crippen LogP) is 0.960. The molecule has 4 nitrogen and oxygen atoms in total. The summed E-state index contributed by atoms with van der Waals surface area (Å²) in [6.45, 7) is 0.676. The molecule has 0 radical (unpaired) electrons. The molecule has 5 heteroatoms. The van der Waals surface area contributed by atoms with Gasteiger partial charge in [-0.2, -0.15) is 0 Å². The van der Waals surface area contributed by atoms with E-state index in [9.17, 15) is 9.90 Å². The van der Waals surface area contributed by atoms with Gasteiger partial charge >= 0.3 is 0 Å². The molecular weight excluding hydrogens is 238 g/mol. The van der Waals surface area contributed by atoms with Crippen LogP contribution in [-0.4, -0.2) is 35.7 Å². The molecule has 1 aliphatic rings. The average molecular weight is 253 g/mol. The summed E-state index contributed by atoms with van der Waals surface area (Å²) in [4.78, 5) is 11.6. The first kappa shape index (κ1) is 12.3. The van der Waals surface area contributed by atoms with Crippen LogP contribution in [0.25, 0.3) is 0 Å². The molecule has 2 N–H and O–H groups in total. The van der Waals surface area contributed by atoms with E-state index in [1.165, 1.54) is 11.8 Å². The van der Waals surface area contributed by atoms with Crippen LogP contribution in [0, 0.1) is 0 Å². The van der Waals surface area contributed by atoms with Gasteiger partial charge in [0.2, 0.25) is 5.91 Å². The smallest absolute Gasteiger partial charge is 0.236 e. The number of hydrogen-bond acceptors (Lipinski definition) is 4. The van der Waals surface area contributed by atoms with Gasteiger partial charge in [-0.3, -0.25) is 4.79 Å². The molecule has 1 saturated heterocycles. The van der Waals surface area contributed by atoms with Crippen molar-refractivity contribution in [2.45, 2.75) is 11.4 Å². The topological polar surface area (TPSA) is 58.6 Å². The van der Waals surface area contributed by atoms with E-state index in [0.717, 1.165) is 17.1 Å². The van der Waals surface area contributed by atoms with Crippen molar-refractivity contribution in [1.82, 2.24) is 5.32 Å². The van der Waals surface area contributed by atoms with Gasteiger partial charge in [0.05, 0.1) is 13.2 Å². The van der Waals surface area contributed by atoms with Gasteiger partial charge in [-0.1, -0.05) is 12.1 Å². The van der Waals surface area contributed by atoms with Crippen molar-refractivity contribution in [2.24, 2.45) is 0 Å². The molecule has 1 aromatic carbocycles. The van der Waals surface area contributed by atoms with Gasteiger partial charge in [-0.25, -0.2) is 0 Å². The highest BCUT2D eigenvalue weighted by molar-refractivity contribution is 8.00. The van der Waals surface area contributed by atoms with Crippen LogP contribution >= 0.6 is 11.8 Å². The Hall–Kier alpha value is -1.20. The van der Waals surface area contributed by atoms with E-state index in [0.29, 0.717) is 6.54 Å². The highest BCUT2D eigenvalue weighted by Crippen LogP contribution is 2.29. The number of thioether (sulfide) groups is 1. The van der Waals surface area contributed by atoms with Crippen LogP contribution in [0.4, 0.5) is 0 Å². The lowest BCUT2D eigenvalue weighted by molar-refractivity contribution is -0.122. The summed E-state index contributed by atoms with van der Waals surface area (Å²) >= 11 is 1.49. The largest absolute Gasteiger partial charge is 0.497 e. The van der Waals surface area contributed by atoms with Gasteiger partial charge in [-0.05, 0) is 17.7 Å². The molecule has 0 aromatic heterocycles. The Balaban J connectivity index is 2.12. The predicted molar refractivity (Wildman–Crippen MR) is 67.2 cm³/mol. The van der Waals surface area contributed by atoms with Crippen molar-refractivity contribution in [3.05, 3.63) is 29.8 Å². The van der Waals surface area contributed by atoms with E-state index >= 15 is 0 Å². The maximum atomic E-state index is 11.6. The lowest BCUT2D eigenvalue weighted by atomic mass is 10.1. The SMILES string of the molecule is COc1ccc(C(O)C2SCCNC2=O)cc1. The fourth-order valence-corrected chi connectivity index (χ4v) is 2.79. The normalized spacial score (nSPS) is 21.8. The van der Waals surface area contributed by atoms with Gasteiger partial charge < -0.3 is 15.2 Å². The summed E-state index contributed by atoms with van der Waals surface area (Å²) in [5, 5.41) is 12.5. The minimum absolute atomic E-state index is 0.0930. The number of amides is 1. The molecule has 2 unspecified atom stereocenters. The van der Waals surface area contributed by atoms with Crippen LogP contribution in [0.3, 0.4) is 0 Å². The number of hydrogen-bond donors (Lipinski definition) is 2. The second-order valence-corrected chi connectivity index (χ2v) is 5.05. The lowest BCUT2D eigenvalue weighted by Crippen LogP contribution is -2.42. The number of aliphatic hydroxyl groups excluding tert-OH is 1. The van der Waals surface area contributed by atoms with Gasteiger partial charge in [0.15, 0.2) is 0 Å². The number of ether oxygens (including phenoxy) is 1. The Labute approximate surface area is 104 Å². The standard InChI is InChI=1S/C12H15NO3S/c1-16-9-4-2-8(3-5-9)10(14)11-12(15)13-6-7-17-11/h2-5,10-11,14H,6-7H2,1H3,(H,13,15). The third-order valence-corrected chi connectivity index (χ3v) is 3.97. The van der Waals surface area contributed by atoms with E-state index < -0.39 is 11.4 Å². The third-order valence-electron chi connectivity index (χ3n) is 2.70. The second kappa shape index (κ2) is 5.42. The molecule has 2 rings (SSSR count). The first-order valence-electron chi connectivity index (χ1n) is 5.43. The van der Waals surface area contributed by atoms with Gasteiger partial charge in [0, 0.05) is 12.3 Å². The van der Waals surface area contributed by atoms with Crippen molar-refractivity contribution in [1.29, 1.82) is 0 Å². The molecule has 0 spiro atoms. The zero-order chi connectivity index (χ0) is 12.3. The molecule has 92 valence electrons. The van der Waals surface area contributed by atoms with E-state index in [2.05, 4.69) is 5.32 Å². The summed E-state index contributed by atoms with van der Waals surface area (Å²) < 4.78 is 5.05. The molecule has 0 bridgehead atoms. The van der Waals surface area contributed by atoms with Crippen molar-refractivity contribution in [3.63, 3.8) is 0 Å². The number of rotatable bonds is 3.